The van der Waals surface area contributed by atoms with Crippen molar-refractivity contribution < 1.29 is 9.90 Å². The molecule has 0 aliphatic heterocycles. The lowest BCUT2D eigenvalue weighted by Gasteiger charge is -2.10. The number of hydrogen-bond donors (Lipinski definition) is 1. The monoisotopic (exact) mass is 296 g/mol. The predicted octanol–water partition coefficient (Wildman–Crippen LogP) is 5.41. The molecule has 0 fully saturated rings. The number of rotatable bonds is 5. The Morgan fingerprint density at radius 1 is 1.14 bits per heavy atom. The van der Waals surface area contributed by atoms with Gasteiger partial charge in [-0.25, -0.2) is 4.79 Å². The number of benzene rings is 1. The van der Waals surface area contributed by atoms with E-state index in [0.717, 1.165) is 11.1 Å². The average Bonchev–Trinajstić information content (AvgIpc) is 2.45. The van der Waals surface area contributed by atoms with Crippen LogP contribution in [0.15, 0.2) is 53.6 Å². The van der Waals surface area contributed by atoms with Gasteiger partial charge >= 0.3 is 5.97 Å². The summed E-state index contributed by atoms with van der Waals surface area (Å²) in [5, 5.41) is 8.73. The average molecular weight is 296 g/mol. The summed E-state index contributed by atoms with van der Waals surface area (Å²) in [7, 11) is 0. The van der Waals surface area contributed by atoms with Crippen LogP contribution in [0.5, 0.6) is 0 Å². The second-order valence-corrected chi connectivity index (χ2v) is 5.44. The molecule has 0 radical (unpaired) electrons. The summed E-state index contributed by atoms with van der Waals surface area (Å²) in [4.78, 5) is 10.6. The van der Waals surface area contributed by atoms with E-state index in [-0.39, 0.29) is 0 Å². The smallest absolute Gasteiger partial charge is 0.328 e. The molecule has 2 nitrogen and oxygen atoms in total. The molecule has 0 bridgehead atoms. The molecular weight excluding hydrogens is 272 g/mol. The first-order valence-corrected chi connectivity index (χ1v) is 7.35. The molecule has 0 heterocycles. The lowest BCUT2D eigenvalue weighted by atomic mass is 9.95. The third-order valence-electron chi connectivity index (χ3n) is 3.56. The van der Waals surface area contributed by atoms with Gasteiger partial charge in [0, 0.05) is 6.08 Å². The van der Waals surface area contributed by atoms with Gasteiger partial charge in [-0.3, -0.25) is 0 Å². The Morgan fingerprint density at radius 2 is 1.82 bits per heavy atom. The highest BCUT2D eigenvalue weighted by molar-refractivity contribution is 5.81. The van der Waals surface area contributed by atoms with Gasteiger partial charge < -0.3 is 5.11 Å². The molecule has 0 saturated carbocycles. The maximum atomic E-state index is 10.6. The second-order valence-electron chi connectivity index (χ2n) is 5.44. The fourth-order valence-corrected chi connectivity index (χ4v) is 2.18. The van der Waals surface area contributed by atoms with Crippen LogP contribution in [0, 0.1) is 6.92 Å². The predicted molar refractivity (Wildman–Crippen MR) is 94.7 cm³/mol. The summed E-state index contributed by atoms with van der Waals surface area (Å²) in [5.74, 6) is -0.921. The molecule has 1 aromatic rings. The summed E-state index contributed by atoms with van der Waals surface area (Å²) >= 11 is 0. The third kappa shape index (κ3) is 5.21. The number of carboxylic acid groups (broad SMARTS) is 1. The van der Waals surface area contributed by atoms with E-state index in [2.05, 4.69) is 38.1 Å². The molecule has 1 rings (SSSR count). The van der Waals surface area contributed by atoms with E-state index in [9.17, 15) is 4.79 Å². The summed E-state index contributed by atoms with van der Waals surface area (Å²) in [6, 6.07) is 6.42. The molecule has 0 aliphatic carbocycles. The Balaban J connectivity index is 3.17. The summed E-state index contributed by atoms with van der Waals surface area (Å²) in [5.41, 5.74) is 6.68. The first-order chi connectivity index (χ1) is 10.3. The lowest BCUT2D eigenvalue weighted by Crippen LogP contribution is -1.90. The first kappa shape index (κ1) is 17.7. The van der Waals surface area contributed by atoms with Crippen molar-refractivity contribution in [1.82, 2.24) is 0 Å². The van der Waals surface area contributed by atoms with Gasteiger partial charge in [0.1, 0.15) is 0 Å². The Kier molecular flexibility index (Phi) is 6.58. The van der Waals surface area contributed by atoms with Crippen LogP contribution < -0.4 is 0 Å². The van der Waals surface area contributed by atoms with E-state index in [4.69, 9.17) is 5.11 Å². The molecule has 0 aliphatic rings. The molecule has 1 aromatic carbocycles. The Bertz CT molecular complexity index is 671. The van der Waals surface area contributed by atoms with E-state index in [1.54, 1.807) is 6.92 Å². The topological polar surface area (TPSA) is 37.3 Å². The lowest BCUT2D eigenvalue weighted by molar-refractivity contribution is -0.131. The van der Waals surface area contributed by atoms with Crippen molar-refractivity contribution in [2.45, 2.75) is 34.6 Å². The highest BCUT2D eigenvalue weighted by Crippen LogP contribution is 2.24. The largest absolute Gasteiger partial charge is 0.478 e. The zero-order valence-electron chi connectivity index (χ0n) is 14.0. The quantitative estimate of drug-likeness (QED) is 0.582. The van der Waals surface area contributed by atoms with Crippen LogP contribution in [0.25, 0.3) is 11.6 Å². The SMILES string of the molecule is CC=Cc1ccc(C)c(\C(C)=C(C)/C=C/C(C)=C/C(=O)O)c1. The van der Waals surface area contributed by atoms with Crippen LogP contribution in [-0.2, 0) is 4.79 Å². The highest BCUT2D eigenvalue weighted by atomic mass is 16.4. The van der Waals surface area contributed by atoms with Crippen LogP contribution in [0.1, 0.15) is 44.4 Å². The van der Waals surface area contributed by atoms with E-state index in [1.807, 2.05) is 32.1 Å². The van der Waals surface area contributed by atoms with Crippen molar-refractivity contribution in [2.75, 3.05) is 0 Å². The van der Waals surface area contributed by atoms with Gasteiger partial charge in [-0.2, -0.15) is 0 Å². The van der Waals surface area contributed by atoms with E-state index < -0.39 is 5.97 Å². The molecule has 0 spiro atoms. The zero-order chi connectivity index (χ0) is 16.7. The molecule has 0 saturated heterocycles. The zero-order valence-corrected chi connectivity index (χ0v) is 14.0. The standard InChI is InChI=1S/C20H24O2/c1-6-7-18-11-10-16(4)19(13-18)17(5)15(3)9-8-14(2)12-20(21)22/h6-13H,1-5H3,(H,21,22)/b7-6?,9-8+,14-12+,17-15-. The summed E-state index contributed by atoms with van der Waals surface area (Å²) in [6.07, 6.45) is 9.11. The van der Waals surface area contributed by atoms with Gasteiger partial charge in [-0.05, 0) is 74.1 Å². The molecular formula is C20H24O2. The highest BCUT2D eigenvalue weighted by Gasteiger charge is 2.04. The Hall–Kier alpha value is -2.35. The van der Waals surface area contributed by atoms with Crippen molar-refractivity contribution in [2.24, 2.45) is 0 Å². The number of carbonyl (C=O) groups is 1. The number of aliphatic carboxylic acids is 1. The van der Waals surface area contributed by atoms with Crippen molar-refractivity contribution in [1.29, 1.82) is 0 Å². The van der Waals surface area contributed by atoms with Crippen LogP contribution in [0.2, 0.25) is 0 Å². The Morgan fingerprint density at radius 3 is 2.41 bits per heavy atom. The van der Waals surface area contributed by atoms with E-state index in [0.29, 0.717) is 0 Å². The molecule has 0 aromatic heterocycles. The first-order valence-electron chi connectivity index (χ1n) is 7.35. The normalized spacial score (nSPS) is 13.8. The van der Waals surface area contributed by atoms with E-state index in [1.165, 1.54) is 28.3 Å². The molecule has 0 amide bonds. The van der Waals surface area contributed by atoms with Crippen molar-refractivity contribution in [3.05, 3.63) is 70.3 Å². The minimum Gasteiger partial charge on any atom is -0.478 e. The summed E-state index contributed by atoms with van der Waals surface area (Å²) < 4.78 is 0. The number of hydrogen-bond acceptors (Lipinski definition) is 1. The van der Waals surface area contributed by atoms with Gasteiger partial charge in [-0.15, -0.1) is 0 Å². The van der Waals surface area contributed by atoms with Crippen molar-refractivity contribution >= 4 is 17.6 Å². The van der Waals surface area contributed by atoms with E-state index >= 15 is 0 Å². The molecule has 2 heteroatoms. The van der Waals surface area contributed by atoms with Gasteiger partial charge in [0.05, 0.1) is 0 Å². The maximum absolute atomic E-state index is 10.6. The number of carboxylic acids is 1. The minimum atomic E-state index is -0.921. The van der Waals surface area contributed by atoms with Crippen LogP contribution in [-0.4, -0.2) is 11.1 Å². The third-order valence-corrected chi connectivity index (χ3v) is 3.56. The molecule has 116 valence electrons. The second kappa shape index (κ2) is 8.18. The fourth-order valence-electron chi connectivity index (χ4n) is 2.18. The Labute approximate surface area is 133 Å². The fraction of sp³-hybridized carbons (Fsp3) is 0.250. The van der Waals surface area contributed by atoms with Crippen molar-refractivity contribution in [3.63, 3.8) is 0 Å². The van der Waals surface area contributed by atoms with Gasteiger partial charge in [0.2, 0.25) is 0 Å². The van der Waals surface area contributed by atoms with Crippen LogP contribution >= 0.6 is 0 Å². The molecule has 22 heavy (non-hydrogen) atoms. The van der Waals surface area contributed by atoms with Crippen molar-refractivity contribution in [3.8, 4) is 0 Å². The number of aryl methyl sites for hydroxylation is 1. The summed E-state index contributed by atoms with van der Waals surface area (Å²) in [6.45, 7) is 10.0. The minimum absolute atomic E-state index is 0.721. The molecule has 0 unspecified atom stereocenters. The molecule has 0 atom stereocenters. The maximum Gasteiger partial charge on any atom is 0.328 e. The van der Waals surface area contributed by atoms with Gasteiger partial charge in [-0.1, -0.05) is 36.4 Å². The van der Waals surface area contributed by atoms with Crippen LogP contribution in [0.4, 0.5) is 0 Å². The molecule has 1 N–H and O–H groups in total. The van der Waals surface area contributed by atoms with Crippen LogP contribution in [0.3, 0.4) is 0 Å². The van der Waals surface area contributed by atoms with Gasteiger partial charge in [0.15, 0.2) is 0 Å². The number of allylic oxidation sites excluding steroid dienone is 6. The van der Waals surface area contributed by atoms with Gasteiger partial charge in [0.25, 0.3) is 0 Å².